The van der Waals surface area contributed by atoms with E-state index < -0.39 is 35.8 Å². The Morgan fingerprint density at radius 2 is 0.897 bits per heavy atom. The number of rotatable bonds is 2. The van der Waals surface area contributed by atoms with Crippen LogP contribution in [0.15, 0.2) is 36.4 Å². The van der Waals surface area contributed by atoms with Crippen molar-refractivity contribution in [3.8, 4) is 0 Å². The van der Waals surface area contributed by atoms with Gasteiger partial charge in [0.25, 0.3) is 0 Å². The SMILES string of the molecule is O=C([O-])c1ccc2c(c1)C(=O)OC2=O.O=C([O-])c1ccc2c(c1)C(=O)OC2=O.[K+]. The first kappa shape index (κ1) is 22.6. The standard InChI is InChI=1S/2C9H4O5.K/c2*10-7(11)4-1-2-5-6(3-4)9(13)14-8(5)12;/h2*1-3H,(H,10,11);/q;;+1/p-2. The van der Waals surface area contributed by atoms with E-state index >= 15 is 0 Å². The maximum absolute atomic E-state index is 11.0. The van der Waals surface area contributed by atoms with Gasteiger partial charge in [0, 0.05) is 0 Å². The zero-order valence-corrected chi connectivity index (χ0v) is 17.7. The van der Waals surface area contributed by atoms with E-state index in [2.05, 4.69) is 9.47 Å². The van der Waals surface area contributed by atoms with E-state index in [0.717, 1.165) is 12.1 Å². The van der Waals surface area contributed by atoms with Crippen molar-refractivity contribution in [2.75, 3.05) is 0 Å². The molecule has 0 atom stereocenters. The molecule has 2 aromatic carbocycles. The molecule has 2 aromatic rings. The summed E-state index contributed by atoms with van der Waals surface area (Å²) in [6.07, 6.45) is 0. The molecule has 0 unspecified atom stereocenters. The van der Waals surface area contributed by atoms with Crippen LogP contribution in [0.1, 0.15) is 62.1 Å². The van der Waals surface area contributed by atoms with Gasteiger partial charge in [0.1, 0.15) is 0 Å². The van der Waals surface area contributed by atoms with Crippen molar-refractivity contribution in [1.29, 1.82) is 0 Å². The molecule has 0 fully saturated rings. The Morgan fingerprint density at radius 3 is 1.21 bits per heavy atom. The molecular weight excluding hydrogens is 415 g/mol. The largest absolute Gasteiger partial charge is 1.00 e. The Kier molecular flexibility index (Phi) is 6.82. The Balaban J connectivity index is 0.000000200. The molecule has 10 nitrogen and oxygen atoms in total. The van der Waals surface area contributed by atoms with Crippen molar-refractivity contribution in [2.45, 2.75) is 0 Å². The summed E-state index contributed by atoms with van der Waals surface area (Å²) in [5, 5.41) is 20.9. The third-order valence-electron chi connectivity index (χ3n) is 3.76. The number of benzene rings is 2. The molecule has 2 heterocycles. The van der Waals surface area contributed by atoms with Crippen LogP contribution in [0.3, 0.4) is 0 Å². The Bertz CT molecular complexity index is 1010. The van der Waals surface area contributed by atoms with Gasteiger partial charge in [0.05, 0.1) is 34.2 Å². The normalized spacial score (nSPS) is 13.2. The molecule has 140 valence electrons. The number of carbonyl (C=O) groups excluding carboxylic acids is 6. The fraction of sp³-hybridized carbons (Fsp3) is 0. The zero-order chi connectivity index (χ0) is 20.6. The van der Waals surface area contributed by atoms with Gasteiger partial charge in [0.2, 0.25) is 0 Å². The average Bonchev–Trinajstić information content (AvgIpc) is 3.10. The van der Waals surface area contributed by atoms with E-state index in [-0.39, 0.29) is 84.8 Å². The molecule has 0 amide bonds. The Hall–Kier alpha value is -2.70. The summed E-state index contributed by atoms with van der Waals surface area (Å²) < 4.78 is 8.55. The number of cyclic esters (lactones) is 4. The molecule has 0 radical (unpaired) electrons. The average molecular weight is 421 g/mol. The Labute approximate surface area is 203 Å². The molecule has 0 saturated heterocycles. The van der Waals surface area contributed by atoms with Gasteiger partial charge >= 0.3 is 75.3 Å². The molecular formula is C18H6KO10-. The third kappa shape index (κ3) is 4.49. The van der Waals surface area contributed by atoms with Gasteiger partial charge in [-0.1, -0.05) is 12.1 Å². The molecule has 0 saturated carbocycles. The zero-order valence-electron chi connectivity index (χ0n) is 14.5. The summed E-state index contributed by atoms with van der Waals surface area (Å²) in [5.41, 5.74) is -0.209. The van der Waals surface area contributed by atoms with E-state index in [1.807, 2.05) is 0 Å². The predicted octanol–water partition coefficient (Wildman–Crippen LogP) is -4.27. The summed E-state index contributed by atoms with van der Waals surface area (Å²) in [6, 6.07) is 6.97. The molecule has 0 aliphatic carbocycles. The van der Waals surface area contributed by atoms with Gasteiger partial charge in [-0.2, -0.15) is 0 Å². The first-order valence-corrected chi connectivity index (χ1v) is 7.43. The van der Waals surface area contributed by atoms with Crippen molar-refractivity contribution in [3.63, 3.8) is 0 Å². The first-order chi connectivity index (χ1) is 13.2. The fourth-order valence-electron chi connectivity index (χ4n) is 2.42. The third-order valence-corrected chi connectivity index (χ3v) is 3.76. The number of fused-ring (bicyclic) bond motifs is 2. The van der Waals surface area contributed by atoms with E-state index in [1.54, 1.807) is 0 Å². The van der Waals surface area contributed by atoms with Crippen LogP contribution in [-0.2, 0) is 9.47 Å². The molecule has 2 aliphatic rings. The summed E-state index contributed by atoms with van der Waals surface area (Å²) >= 11 is 0. The van der Waals surface area contributed by atoms with E-state index in [4.69, 9.17) is 0 Å². The first-order valence-electron chi connectivity index (χ1n) is 7.43. The van der Waals surface area contributed by atoms with Crippen LogP contribution in [0.25, 0.3) is 0 Å². The molecule has 4 rings (SSSR count). The molecule has 0 N–H and O–H groups in total. The van der Waals surface area contributed by atoms with Crippen LogP contribution in [-0.4, -0.2) is 35.8 Å². The second-order valence-electron chi connectivity index (χ2n) is 5.45. The molecule has 0 bridgehead atoms. The Morgan fingerprint density at radius 1 is 0.586 bits per heavy atom. The number of hydrogen-bond acceptors (Lipinski definition) is 10. The molecule has 2 aliphatic heterocycles. The maximum atomic E-state index is 11.0. The number of aromatic carboxylic acids is 2. The summed E-state index contributed by atoms with van der Waals surface area (Å²) in [6.45, 7) is 0. The van der Waals surface area contributed by atoms with Gasteiger partial charge in [-0.15, -0.1) is 0 Å². The summed E-state index contributed by atoms with van der Waals surface area (Å²) in [5.74, 6) is -5.97. The van der Waals surface area contributed by atoms with Crippen molar-refractivity contribution in [3.05, 3.63) is 69.8 Å². The predicted molar refractivity (Wildman–Crippen MR) is 81.0 cm³/mol. The van der Waals surface area contributed by atoms with E-state index in [9.17, 15) is 39.0 Å². The topological polar surface area (TPSA) is 167 Å². The van der Waals surface area contributed by atoms with Gasteiger partial charge in [-0.3, -0.25) is 0 Å². The van der Waals surface area contributed by atoms with Gasteiger partial charge < -0.3 is 29.3 Å². The monoisotopic (exact) mass is 421 g/mol. The molecule has 0 spiro atoms. The van der Waals surface area contributed by atoms with E-state index in [0.29, 0.717) is 0 Å². The number of carboxylic acid groups (broad SMARTS) is 2. The van der Waals surface area contributed by atoms with E-state index in [1.165, 1.54) is 24.3 Å². The second-order valence-corrected chi connectivity index (χ2v) is 5.45. The summed E-state index contributed by atoms with van der Waals surface area (Å²) in [4.78, 5) is 64.8. The van der Waals surface area contributed by atoms with Gasteiger partial charge in [-0.05, 0) is 35.4 Å². The van der Waals surface area contributed by atoms with Crippen molar-refractivity contribution in [1.82, 2.24) is 0 Å². The smallest absolute Gasteiger partial charge is 0.545 e. The van der Waals surface area contributed by atoms with Crippen molar-refractivity contribution in [2.24, 2.45) is 0 Å². The van der Waals surface area contributed by atoms with Crippen molar-refractivity contribution >= 4 is 35.8 Å². The molecule has 0 aromatic heterocycles. The molecule has 29 heavy (non-hydrogen) atoms. The number of ether oxygens (including phenoxy) is 2. The van der Waals surface area contributed by atoms with Crippen LogP contribution in [0, 0.1) is 0 Å². The van der Waals surface area contributed by atoms with Crippen LogP contribution >= 0.6 is 0 Å². The fourth-order valence-corrected chi connectivity index (χ4v) is 2.42. The van der Waals surface area contributed by atoms with Crippen LogP contribution in [0.5, 0.6) is 0 Å². The quantitative estimate of drug-likeness (QED) is 0.263. The summed E-state index contributed by atoms with van der Waals surface area (Å²) in [7, 11) is 0. The minimum atomic E-state index is -1.40. The minimum absolute atomic E-state index is 0. The maximum Gasteiger partial charge on any atom is 1.00 e. The second kappa shape index (κ2) is 8.76. The van der Waals surface area contributed by atoms with Crippen LogP contribution in [0.4, 0.5) is 0 Å². The van der Waals surface area contributed by atoms with Crippen LogP contribution < -0.4 is 61.6 Å². The number of carbonyl (C=O) groups is 6. The molecule has 11 heteroatoms. The van der Waals surface area contributed by atoms with Crippen LogP contribution in [0.2, 0.25) is 0 Å². The van der Waals surface area contributed by atoms with Gasteiger partial charge in [-0.25, -0.2) is 19.2 Å². The number of esters is 4. The minimum Gasteiger partial charge on any atom is -0.545 e. The number of hydrogen-bond donors (Lipinski definition) is 0. The van der Waals surface area contributed by atoms with Crippen molar-refractivity contribution < 1.29 is 99.8 Å². The number of carboxylic acids is 2. The van der Waals surface area contributed by atoms with Gasteiger partial charge in [0.15, 0.2) is 0 Å².